The van der Waals surface area contributed by atoms with Crippen molar-refractivity contribution >= 4 is 0 Å². The summed E-state index contributed by atoms with van der Waals surface area (Å²) < 4.78 is 0. The third kappa shape index (κ3) is 4.90. The van der Waals surface area contributed by atoms with Gasteiger partial charge in [-0.25, -0.2) is 0 Å². The number of rotatable bonds is 3. The maximum absolute atomic E-state index is 4.01. The van der Waals surface area contributed by atoms with Crippen LogP contribution in [0.3, 0.4) is 0 Å². The van der Waals surface area contributed by atoms with Crippen LogP contribution in [0.25, 0.3) is 0 Å². The number of likely N-dealkylation sites (tertiary alicyclic amines) is 1. The second-order valence-corrected chi connectivity index (χ2v) is 3.37. The minimum atomic E-state index is 1.08. The molecule has 0 aromatic rings. The molecule has 0 aromatic carbocycles. The topological polar surface area (TPSA) is 3.24 Å². The smallest absolute Gasteiger partial charge is 0.0293 e. The molecule has 1 nitrogen and oxygen atoms in total. The molecule has 1 saturated heterocycles. The van der Waals surface area contributed by atoms with E-state index < -0.39 is 0 Å². The van der Waals surface area contributed by atoms with Crippen LogP contribution < -0.4 is 0 Å². The van der Waals surface area contributed by atoms with Crippen LogP contribution in [0.15, 0.2) is 36.6 Å². The summed E-state index contributed by atoms with van der Waals surface area (Å²) in [6.07, 6.45) is 6.67. The summed E-state index contributed by atoms with van der Waals surface area (Å²) in [6, 6.07) is 0. The van der Waals surface area contributed by atoms with Gasteiger partial charge in [0.05, 0.1) is 0 Å². The number of nitrogens with zero attached hydrogens (tertiary/aromatic N) is 1. The zero-order chi connectivity index (χ0) is 11.0. The molecule has 0 N–H and O–H groups in total. The summed E-state index contributed by atoms with van der Waals surface area (Å²) in [5, 5.41) is 0. The molecular formula is C13H23N. The zero-order valence-corrected chi connectivity index (χ0v) is 9.84. The van der Waals surface area contributed by atoms with E-state index in [0.29, 0.717) is 0 Å². The molecule has 0 bridgehead atoms. The average Bonchev–Trinajstić information content (AvgIpc) is 2.70. The Morgan fingerprint density at radius 1 is 1.07 bits per heavy atom. The second kappa shape index (κ2) is 7.43. The molecule has 0 unspecified atom stereocenters. The monoisotopic (exact) mass is 193 g/mol. The van der Waals surface area contributed by atoms with Crippen molar-refractivity contribution in [3.8, 4) is 0 Å². The molecule has 0 aromatic heterocycles. The van der Waals surface area contributed by atoms with E-state index in [1.807, 2.05) is 32.9 Å². The molecule has 14 heavy (non-hydrogen) atoms. The molecule has 0 aliphatic carbocycles. The lowest BCUT2D eigenvalue weighted by Gasteiger charge is -2.16. The summed E-state index contributed by atoms with van der Waals surface area (Å²) in [4.78, 5) is 2.32. The highest BCUT2D eigenvalue weighted by molar-refractivity contribution is 5.22. The van der Waals surface area contributed by atoms with Crippen molar-refractivity contribution in [1.82, 2.24) is 4.90 Å². The van der Waals surface area contributed by atoms with Crippen LogP contribution >= 0.6 is 0 Å². The van der Waals surface area contributed by atoms with Crippen molar-refractivity contribution in [2.45, 2.75) is 33.6 Å². The Hall–Kier alpha value is -0.980. The first-order chi connectivity index (χ1) is 6.70. The molecule has 1 fully saturated rings. The Kier molecular flexibility index (Phi) is 6.91. The van der Waals surface area contributed by atoms with Crippen LogP contribution in [0.4, 0.5) is 0 Å². The van der Waals surface area contributed by atoms with Crippen LogP contribution in [0.2, 0.25) is 0 Å². The van der Waals surface area contributed by atoms with Gasteiger partial charge in [-0.1, -0.05) is 38.7 Å². The molecule has 80 valence electrons. The van der Waals surface area contributed by atoms with Crippen LogP contribution in [-0.2, 0) is 0 Å². The van der Waals surface area contributed by atoms with Gasteiger partial charge in [0.1, 0.15) is 0 Å². The highest BCUT2D eigenvalue weighted by Gasteiger charge is 2.10. The Bertz CT molecular complexity index is 207. The molecule has 0 amide bonds. The number of hydrogen-bond donors (Lipinski definition) is 0. The third-order valence-electron chi connectivity index (χ3n) is 2.07. The molecular weight excluding hydrogens is 170 g/mol. The SMILES string of the molecule is C=C(C)/C=C\C(=C)N1CCCC1.CC. The quantitative estimate of drug-likeness (QED) is 0.617. The summed E-state index contributed by atoms with van der Waals surface area (Å²) >= 11 is 0. The lowest BCUT2D eigenvalue weighted by atomic mass is 10.3. The lowest BCUT2D eigenvalue weighted by Crippen LogP contribution is -2.16. The van der Waals surface area contributed by atoms with E-state index >= 15 is 0 Å². The number of hydrogen-bond acceptors (Lipinski definition) is 1. The Balaban J connectivity index is 0.000000791. The molecule has 1 heteroatoms. The summed E-state index contributed by atoms with van der Waals surface area (Å²) in [6.45, 7) is 16.1. The Morgan fingerprint density at radius 3 is 2.00 bits per heavy atom. The summed E-state index contributed by atoms with van der Waals surface area (Å²) in [5.41, 5.74) is 2.20. The molecule has 1 aliphatic rings. The Morgan fingerprint density at radius 2 is 1.57 bits per heavy atom. The van der Waals surface area contributed by atoms with Crippen molar-refractivity contribution in [2.24, 2.45) is 0 Å². The van der Waals surface area contributed by atoms with E-state index in [1.165, 1.54) is 25.9 Å². The highest BCUT2D eigenvalue weighted by Crippen LogP contribution is 2.14. The van der Waals surface area contributed by atoms with E-state index in [0.717, 1.165) is 11.3 Å². The van der Waals surface area contributed by atoms with Crippen LogP contribution in [0.5, 0.6) is 0 Å². The highest BCUT2D eigenvalue weighted by atomic mass is 15.1. The van der Waals surface area contributed by atoms with Gasteiger partial charge in [0.2, 0.25) is 0 Å². The van der Waals surface area contributed by atoms with E-state index in [-0.39, 0.29) is 0 Å². The van der Waals surface area contributed by atoms with Crippen molar-refractivity contribution in [3.63, 3.8) is 0 Å². The molecule has 1 aliphatic heterocycles. The maximum Gasteiger partial charge on any atom is 0.0293 e. The molecule has 0 spiro atoms. The largest absolute Gasteiger partial charge is 0.372 e. The standard InChI is InChI=1S/C11H17N.C2H6/c1-10(2)6-7-11(3)12-8-4-5-9-12;1-2/h6-7H,1,3-5,8-9H2,2H3;1-2H3/b7-6-;. The van der Waals surface area contributed by atoms with E-state index in [1.54, 1.807) is 0 Å². The van der Waals surface area contributed by atoms with Crippen molar-refractivity contribution in [1.29, 1.82) is 0 Å². The van der Waals surface area contributed by atoms with Crippen molar-refractivity contribution in [2.75, 3.05) is 13.1 Å². The van der Waals surface area contributed by atoms with Gasteiger partial charge in [0.25, 0.3) is 0 Å². The fourth-order valence-corrected chi connectivity index (χ4v) is 1.35. The minimum absolute atomic E-state index is 1.08. The average molecular weight is 193 g/mol. The fraction of sp³-hybridized carbons (Fsp3) is 0.538. The lowest BCUT2D eigenvalue weighted by molar-refractivity contribution is 0.442. The van der Waals surface area contributed by atoms with Gasteiger partial charge in [-0.3, -0.25) is 0 Å². The van der Waals surface area contributed by atoms with Crippen LogP contribution in [-0.4, -0.2) is 18.0 Å². The maximum atomic E-state index is 4.01. The second-order valence-electron chi connectivity index (χ2n) is 3.37. The summed E-state index contributed by atoms with van der Waals surface area (Å²) in [5.74, 6) is 0. The van der Waals surface area contributed by atoms with E-state index in [9.17, 15) is 0 Å². The third-order valence-corrected chi connectivity index (χ3v) is 2.07. The van der Waals surface area contributed by atoms with E-state index in [2.05, 4.69) is 18.1 Å². The molecule has 1 heterocycles. The van der Waals surface area contributed by atoms with Gasteiger partial charge in [-0.2, -0.15) is 0 Å². The normalized spacial score (nSPS) is 15.2. The van der Waals surface area contributed by atoms with Gasteiger partial charge < -0.3 is 4.90 Å². The zero-order valence-electron chi connectivity index (χ0n) is 9.84. The molecule has 1 rings (SSSR count). The van der Waals surface area contributed by atoms with Crippen molar-refractivity contribution < 1.29 is 0 Å². The van der Waals surface area contributed by atoms with Crippen LogP contribution in [0, 0.1) is 0 Å². The molecule has 0 atom stereocenters. The predicted molar refractivity (Wildman–Crippen MR) is 65.2 cm³/mol. The molecule has 0 saturated carbocycles. The first-order valence-corrected chi connectivity index (χ1v) is 5.47. The van der Waals surface area contributed by atoms with Crippen LogP contribution in [0.1, 0.15) is 33.6 Å². The Labute approximate surface area is 88.8 Å². The molecule has 0 radical (unpaired) electrons. The van der Waals surface area contributed by atoms with Gasteiger partial charge >= 0.3 is 0 Å². The predicted octanol–water partition coefficient (Wildman–Crippen LogP) is 3.75. The van der Waals surface area contributed by atoms with Gasteiger partial charge in [-0.05, 0) is 25.8 Å². The minimum Gasteiger partial charge on any atom is -0.372 e. The van der Waals surface area contributed by atoms with Gasteiger partial charge in [-0.15, -0.1) is 0 Å². The van der Waals surface area contributed by atoms with Crippen molar-refractivity contribution in [3.05, 3.63) is 36.6 Å². The number of allylic oxidation sites excluding steroid dienone is 3. The summed E-state index contributed by atoms with van der Waals surface area (Å²) in [7, 11) is 0. The first-order valence-electron chi connectivity index (χ1n) is 5.47. The van der Waals surface area contributed by atoms with E-state index in [4.69, 9.17) is 0 Å². The fourth-order valence-electron chi connectivity index (χ4n) is 1.35. The van der Waals surface area contributed by atoms with Gasteiger partial charge in [0.15, 0.2) is 0 Å². The first kappa shape index (κ1) is 13.0. The van der Waals surface area contributed by atoms with Gasteiger partial charge in [0, 0.05) is 18.8 Å².